The quantitative estimate of drug-likeness (QED) is 0.473. The number of anilines is 1. The molecule has 0 bridgehead atoms. The Morgan fingerprint density at radius 3 is 2.71 bits per heavy atom. The number of hydrogen-bond acceptors (Lipinski definition) is 5. The number of nitrogens with one attached hydrogen (secondary N) is 1. The normalized spacial score (nSPS) is 18.8. The SMILES string of the molecule is CC(C)c1c2cc(-c3cc(NC(=O)[C@H]4CCC[C@@H](CS(C)(=O)=O)C4)ncc3Cl)cc(F)c2nn1C. The van der Waals surface area contributed by atoms with Crippen molar-refractivity contribution in [1.29, 1.82) is 0 Å². The molecular weight excluding hydrogens is 491 g/mol. The molecule has 1 N–H and O–H groups in total. The molecule has 1 aliphatic carbocycles. The van der Waals surface area contributed by atoms with Crippen molar-refractivity contribution in [2.24, 2.45) is 18.9 Å². The van der Waals surface area contributed by atoms with Crippen molar-refractivity contribution >= 4 is 44.1 Å². The van der Waals surface area contributed by atoms with Gasteiger partial charge in [0.2, 0.25) is 5.91 Å². The van der Waals surface area contributed by atoms with Crippen molar-refractivity contribution in [3.8, 4) is 11.1 Å². The molecule has 35 heavy (non-hydrogen) atoms. The number of halogens is 2. The number of carbonyl (C=O) groups is 1. The summed E-state index contributed by atoms with van der Waals surface area (Å²) in [6, 6.07) is 4.90. The molecule has 0 spiro atoms. The van der Waals surface area contributed by atoms with Gasteiger partial charge in [0.15, 0.2) is 5.82 Å². The molecule has 0 aliphatic heterocycles. The third-order valence-electron chi connectivity index (χ3n) is 6.59. The maximum absolute atomic E-state index is 15.0. The molecule has 2 atom stereocenters. The lowest BCUT2D eigenvalue weighted by Crippen LogP contribution is -2.30. The van der Waals surface area contributed by atoms with Crippen LogP contribution in [-0.2, 0) is 21.7 Å². The number of rotatable bonds is 6. The summed E-state index contributed by atoms with van der Waals surface area (Å²) < 4.78 is 40.0. The number of carbonyl (C=O) groups excluding carboxylic acids is 1. The van der Waals surface area contributed by atoms with Crippen LogP contribution >= 0.6 is 11.6 Å². The number of sulfone groups is 1. The first-order valence-electron chi connectivity index (χ1n) is 11.7. The maximum Gasteiger partial charge on any atom is 0.228 e. The van der Waals surface area contributed by atoms with Gasteiger partial charge in [-0.2, -0.15) is 5.10 Å². The van der Waals surface area contributed by atoms with Crippen molar-refractivity contribution in [2.45, 2.75) is 45.4 Å². The second-order valence-electron chi connectivity index (χ2n) is 9.88. The molecule has 1 fully saturated rings. The maximum atomic E-state index is 15.0. The lowest BCUT2D eigenvalue weighted by molar-refractivity contribution is -0.121. The summed E-state index contributed by atoms with van der Waals surface area (Å²) in [5.41, 5.74) is 2.34. The van der Waals surface area contributed by atoms with Crippen LogP contribution in [0, 0.1) is 17.7 Å². The lowest BCUT2D eigenvalue weighted by atomic mass is 9.82. The van der Waals surface area contributed by atoms with Gasteiger partial charge in [0.05, 0.1) is 10.8 Å². The molecule has 1 saturated carbocycles. The van der Waals surface area contributed by atoms with Crippen molar-refractivity contribution in [1.82, 2.24) is 14.8 Å². The van der Waals surface area contributed by atoms with Gasteiger partial charge in [-0.15, -0.1) is 0 Å². The van der Waals surface area contributed by atoms with Crippen LogP contribution in [0.3, 0.4) is 0 Å². The van der Waals surface area contributed by atoms with E-state index < -0.39 is 15.7 Å². The summed E-state index contributed by atoms with van der Waals surface area (Å²) in [4.78, 5) is 17.2. The number of benzene rings is 1. The average Bonchev–Trinajstić information content (AvgIpc) is 3.10. The predicted octanol–water partition coefficient (Wildman–Crippen LogP) is 5.34. The van der Waals surface area contributed by atoms with E-state index in [1.807, 2.05) is 19.9 Å². The van der Waals surface area contributed by atoms with Crippen LogP contribution in [0.4, 0.5) is 10.2 Å². The minimum atomic E-state index is -3.09. The van der Waals surface area contributed by atoms with Gasteiger partial charge in [0, 0.05) is 42.1 Å². The van der Waals surface area contributed by atoms with Crippen LogP contribution in [0.15, 0.2) is 24.4 Å². The Morgan fingerprint density at radius 2 is 2.03 bits per heavy atom. The first-order valence-corrected chi connectivity index (χ1v) is 14.2. The Kier molecular flexibility index (Phi) is 7.20. The summed E-state index contributed by atoms with van der Waals surface area (Å²) in [6.45, 7) is 4.06. The second-order valence-corrected chi connectivity index (χ2v) is 12.5. The molecule has 10 heteroatoms. The van der Waals surface area contributed by atoms with E-state index in [0.29, 0.717) is 40.3 Å². The lowest BCUT2D eigenvalue weighted by Gasteiger charge is -2.27. The van der Waals surface area contributed by atoms with Crippen molar-refractivity contribution in [2.75, 3.05) is 17.3 Å². The Balaban J connectivity index is 1.60. The molecule has 188 valence electrons. The zero-order chi connectivity index (χ0) is 25.5. The first-order chi connectivity index (χ1) is 16.4. The van der Waals surface area contributed by atoms with Gasteiger partial charge < -0.3 is 5.32 Å². The van der Waals surface area contributed by atoms with Gasteiger partial charge in [-0.25, -0.2) is 17.8 Å². The van der Waals surface area contributed by atoms with Gasteiger partial charge >= 0.3 is 0 Å². The van der Waals surface area contributed by atoms with Crippen LogP contribution < -0.4 is 5.32 Å². The first kappa shape index (κ1) is 25.6. The van der Waals surface area contributed by atoms with Crippen molar-refractivity contribution in [3.63, 3.8) is 0 Å². The molecule has 1 aromatic carbocycles. The van der Waals surface area contributed by atoms with E-state index >= 15 is 0 Å². The molecule has 2 heterocycles. The molecule has 0 unspecified atom stereocenters. The number of aryl methyl sites for hydroxylation is 1. The fourth-order valence-electron chi connectivity index (χ4n) is 5.18. The average molecular weight is 521 g/mol. The molecule has 0 saturated heterocycles. The molecule has 2 aromatic heterocycles. The largest absolute Gasteiger partial charge is 0.310 e. The van der Waals surface area contributed by atoms with Crippen LogP contribution in [0.2, 0.25) is 5.02 Å². The fraction of sp³-hybridized carbons (Fsp3) is 0.480. The number of amides is 1. The monoisotopic (exact) mass is 520 g/mol. The third kappa shape index (κ3) is 5.67. The number of nitrogens with zero attached hydrogens (tertiary/aromatic N) is 3. The number of hydrogen-bond donors (Lipinski definition) is 1. The highest BCUT2D eigenvalue weighted by atomic mass is 35.5. The molecule has 3 aromatic rings. The van der Waals surface area contributed by atoms with Gasteiger partial charge in [-0.05, 0) is 54.9 Å². The molecule has 7 nitrogen and oxygen atoms in total. The van der Waals surface area contributed by atoms with Crippen molar-refractivity contribution in [3.05, 3.63) is 40.9 Å². The van der Waals surface area contributed by atoms with Crippen LogP contribution in [-0.4, -0.2) is 41.1 Å². The summed E-state index contributed by atoms with van der Waals surface area (Å²) in [5.74, 6) is -0.389. The zero-order valence-electron chi connectivity index (χ0n) is 20.3. The Labute approximate surface area is 210 Å². The summed E-state index contributed by atoms with van der Waals surface area (Å²) >= 11 is 6.43. The smallest absolute Gasteiger partial charge is 0.228 e. The van der Waals surface area contributed by atoms with Gasteiger partial charge in [-0.1, -0.05) is 31.9 Å². The number of fused-ring (bicyclic) bond motifs is 1. The van der Waals surface area contributed by atoms with Crippen LogP contribution in [0.1, 0.15) is 51.1 Å². The van der Waals surface area contributed by atoms with Gasteiger partial charge in [-0.3, -0.25) is 9.48 Å². The Bertz CT molecular complexity index is 1390. The predicted molar refractivity (Wildman–Crippen MR) is 137 cm³/mol. The molecular formula is C25H30ClFN4O3S. The Morgan fingerprint density at radius 1 is 1.29 bits per heavy atom. The third-order valence-corrected chi connectivity index (χ3v) is 7.97. The summed E-state index contributed by atoms with van der Waals surface area (Å²) in [6.07, 6.45) is 5.51. The number of aromatic nitrogens is 3. The molecule has 1 aliphatic rings. The second kappa shape index (κ2) is 9.85. The van der Waals surface area contributed by atoms with E-state index in [4.69, 9.17) is 11.6 Å². The topological polar surface area (TPSA) is 93.9 Å². The summed E-state index contributed by atoms with van der Waals surface area (Å²) in [7, 11) is -1.30. The minimum Gasteiger partial charge on any atom is -0.310 e. The van der Waals surface area contributed by atoms with E-state index in [-0.39, 0.29) is 29.4 Å². The highest BCUT2D eigenvalue weighted by Gasteiger charge is 2.29. The minimum absolute atomic E-state index is 0.0208. The van der Waals surface area contributed by atoms with E-state index in [1.165, 1.54) is 18.5 Å². The van der Waals surface area contributed by atoms with E-state index in [2.05, 4.69) is 15.4 Å². The zero-order valence-corrected chi connectivity index (χ0v) is 21.9. The molecule has 0 radical (unpaired) electrons. The van der Waals surface area contributed by atoms with Crippen LogP contribution in [0.5, 0.6) is 0 Å². The van der Waals surface area contributed by atoms with Crippen molar-refractivity contribution < 1.29 is 17.6 Å². The van der Waals surface area contributed by atoms with E-state index in [9.17, 15) is 17.6 Å². The van der Waals surface area contributed by atoms with Gasteiger partial charge in [0.1, 0.15) is 21.2 Å². The van der Waals surface area contributed by atoms with Gasteiger partial charge in [0.25, 0.3) is 0 Å². The standard InChI is InChI=1S/C25H30ClFN4O3S/c1-14(2)24-19-9-17(10-21(27)23(19)30-31(24)3)18-11-22(28-12-20(18)26)29-25(32)16-7-5-6-15(8-16)13-35(4,33)34/h9-12,14-16H,5-8,13H2,1-4H3,(H,28,29,32)/t15-,16+/m1/s1. The Hall–Kier alpha value is -2.52. The number of pyridine rings is 1. The van der Waals surface area contributed by atoms with Crippen LogP contribution in [0.25, 0.3) is 22.0 Å². The molecule has 1 amide bonds. The summed E-state index contributed by atoms with van der Waals surface area (Å²) in [5, 5.41) is 8.23. The highest BCUT2D eigenvalue weighted by molar-refractivity contribution is 7.90. The van der Waals surface area contributed by atoms with E-state index in [0.717, 1.165) is 23.9 Å². The molecule has 4 rings (SSSR count). The van der Waals surface area contributed by atoms with E-state index in [1.54, 1.807) is 17.8 Å². The highest BCUT2D eigenvalue weighted by Crippen LogP contribution is 2.36. The fourth-order valence-corrected chi connectivity index (χ4v) is 6.55.